The number of likely N-dealkylation sites (N-methyl/N-ethyl adjacent to an activating group) is 1. The molecule has 0 fully saturated rings. The molecule has 4 aromatic rings. The fraction of sp³-hybridized carbons (Fsp3) is 0.385. The van der Waals surface area contributed by atoms with Gasteiger partial charge in [0.05, 0.1) is 16.4 Å². The molecular formula is C26H33N7O2S. The number of hydrogen-bond donors (Lipinski definition) is 3. The first-order valence-electron chi connectivity index (χ1n) is 11.9. The topological polar surface area (TPSA) is 108 Å². The lowest BCUT2D eigenvalue weighted by molar-refractivity contribution is 0.252. The van der Waals surface area contributed by atoms with Crippen molar-refractivity contribution in [3.63, 3.8) is 0 Å². The lowest BCUT2D eigenvalue weighted by Gasteiger charge is -2.15. The Balaban J connectivity index is 1.34. The monoisotopic (exact) mass is 507 g/mol. The number of anilines is 1. The van der Waals surface area contributed by atoms with E-state index in [0.29, 0.717) is 24.7 Å². The quantitative estimate of drug-likeness (QED) is 0.304. The van der Waals surface area contributed by atoms with Crippen LogP contribution >= 0.6 is 11.3 Å². The Morgan fingerprint density at radius 1 is 1.14 bits per heavy atom. The van der Waals surface area contributed by atoms with Crippen LogP contribution in [0.25, 0.3) is 21.3 Å². The van der Waals surface area contributed by atoms with Crippen LogP contribution in [0.5, 0.6) is 5.75 Å². The average molecular weight is 508 g/mol. The smallest absolute Gasteiger partial charge is 0.321 e. The zero-order valence-electron chi connectivity index (χ0n) is 21.4. The minimum Gasteiger partial charge on any atom is -0.491 e. The van der Waals surface area contributed by atoms with Crippen molar-refractivity contribution in [1.29, 1.82) is 0 Å². The van der Waals surface area contributed by atoms with Crippen LogP contribution in [0.15, 0.2) is 42.9 Å². The van der Waals surface area contributed by atoms with Crippen molar-refractivity contribution >= 4 is 32.7 Å². The lowest BCUT2D eigenvalue weighted by atomic mass is 9.93. The van der Waals surface area contributed by atoms with E-state index in [1.807, 2.05) is 44.7 Å². The van der Waals surface area contributed by atoms with Crippen molar-refractivity contribution in [2.24, 2.45) is 0 Å². The van der Waals surface area contributed by atoms with Gasteiger partial charge in [0.25, 0.3) is 0 Å². The largest absolute Gasteiger partial charge is 0.491 e. The van der Waals surface area contributed by atoms with Crippen LogP contribution in [-0.2, 0) is 11.8 Å². The second-order valence-corrected chi connectivity index (χ2v) is 10.9. The standard InChI is InChI=1S/C26H33N7O2S/c1-26(2,3)22-16-29-23(31-22)8-9-28-24(34)32-25-30-20-7-6-17(13-21(20)36-25)18-12-19(15-27-14-18)35-11-10-33(4)5/h6-7,12-16H,8-11H2,1-5H3,(H,29,31)(H2,28,30,32,34). The van der Waals surface area contributed by atoms with Crippen molar-refractivity contribution in [2.45, 2.75) is 32.6 Å². The maximum atomic E-state index is 12.4. The molecule has 0 saturated heterocycles. The molecule has 3 heterocycles. The number of carbonyl (C=O) groups is 1. The van der Waals surface area contributed by atoms with Crippen LogP contribution in [0.2, 0.25) is 0 Å². The minimum atomic E-state index is -0.288. The molecule has 3 aromatic heterocycles. The Hall–Kier alpha value is -3.50. The van der Waals surface area contributed by atoms with Gasteiger partial charge in [-0.15, -0.1) is 0 Å². The summed E-state index contributed by atoms with van der Waals surface area (Å²) in [5.74, 6) is 1.59. The number of nitrogens with zero attached hydrogens (tertiary/aromatic N) is 4. The minimum absolute atomic E-state index is 0.0157. The molecule has 0 atom stereocenters. The maximum absolute atomic E-state index is 12.4. The molecule has 4 rings (SSSR count). The number of nitrogens with one attached hydrogen (secondary N) is 3. The van der Waals surface area contributed by atoms with Crippen molar-refractivity contribution in [3.8, 4) is 16.9 Å². The highest BCUT2D eigenvalue weighted by Crippen LogP contribution is 2.31. The Morgan fingerprint density at radius 2 is 1.97 bits per heavy atom. The van der Waals surface area contributed by atoms with Crippen molar-refractivity contribution in [1.82, 2.24) is 30.2 Å². The van der Waals surface area contributed by atoms with Crippen molar-refractivity contribution in [2.75, 3.05) is 39.1 Å². The molecule has 190 valence electrons. The number of pyridine rings is 1. The first-order chi connectivity index (χ1) is 17.2. The number of fused-ring (bicyclic) bond motifs is 1. The fourth-order valence-electron chi connectivity index (χ4n) is 3.47. The van der Waals surface area contributed by atoms with Gasteiger partial charge in [0.15, 0.2) is 5.13 Å². The molecule has 0 unspecified atom stereocenters. The van der Waals surface area contributed by atoms with Crippen molar-refractivity contribution in [3.05, 3.63) is 54.4 Å². The Labute approximate surface area is 215 Å². The molecule has 10 heteroatoms. The van der Waals surface area contributed by atoms with Gasteiger partial charge in [-0.2, -0.15) is 0 Å². The summed E-state index contributed by atoms with van der Waals surface area (Å²) in [6.07, 6.45) is 6.02. The van der Waals surface area contributed by atoms with Gasteiger partial charge in [0, 0.05) is 48.6 Å². The number of imidazole rings is 1. The summed E-state index contributed by atoms with van der Waals surface area (Å²) in [6, 6.07) is 7.71. The molecule has 36 heavy (non-hydrogen) atoms. The summed E-state index contributed by atoms with van der Waals surface area (Å²) in [4.78, 5) is 31.0. The third kappa shape index (κ3) is 6.79. The normalized spacial score (nSPS) is 11.7. The summed E-state index contributed by atoms with van der Waals surface area (Å²) in [6.45, 7) is 8.30. The third-order valence-corrected chi connectivity index (χ3v) is 6.48. The van der Waals surface area contributed by atoms with E-state index < -0.39 is 0 Å². The second kappa shape index (κ2) is 11.0. The molecular weight excluding hydrogens is 474 g/mol. The van der Waals surface area contributed by atoms with Crippen LogP contribution in [0.1, 0.15) is 32.3 Å². The predicted octanol–water partition coefficient (Wildman–Crippen LogP) is 4.68. The van der Waals surface area contributed by atoms with E-state index in [4.69, 9.17) is 4.74 Å². The molecule has 0 aliphatic rings. The number of H-pyrrole nitrogens is 1. The highest BCUT2D eigenvalue weighted by molar-refractivity contribution is 7.22. The van der Waals surface area contributed by atoms with E-state index in [-0.39, 0.29) is 11.4 Å². The molecule has 0 bridgehead atoms. The van der Waals surface area contributed by atoms with Gasteiger partial charge in [-0.25, -0.2) is 14.8 Å². The van der Waals surface area contributed by atoms with Crippen LogP contribution < -0.4 is 15.4 Å². The molecule has 1 aromatic carbocycles. The number of rotatable bonds is 9. The van der Waals surface area contributed by atoms with Gasteiger partial charge in [-0.05, 0) is 37.9 Å². The number of amides is 2. The number of hydrogen-bond acceptors (Lipinski definition) is 7. The van der Waals surface area contributed by atoms with E-state index in [1.54, 1.807) is 6.20 Å². The predicted molar refractivity (Wildman–Crippen MR) is 145 cm³/mol. The van der Waals surface area contributed by atoms with Crippen LogP contribution in [0, 0.1) is 0 Å². The summed E-state index contributed by atoms with van der Waals surface area (Å²) >= 11 is 1.43. The molecule has 9 nitrogen and oxygen atoms in total. The molecule has 0 spiro atoms. The summed E-state index contributed by atoms with van der Waals surface area (Å²) in [5.41, 5.74) is 3.90. The number of urea groups is 1. The number of carbonyl (C=O) groups excluding carboxylic acids is 1. The molecule has 0 radical (unpaired) electrons. The number of benzene rings is 1. The Bertz CT molecular complexity index is 1320. The first-order valence-corrected chi connectivity index (χ1v) is 12.7. The van der Waals surface area contributed by atoms with Gasteiger partial charge < -0.3 is 19.9 Å². The summed E-state index contributed by atoms with van der Waals surface area (Å²) < 4.78 is 6.80. The molecule has 2 amide bonds. The summed E-state index contributed by atoms with van der Waals surface area (Å²) in [5, 5.41) is 6.26. The van der Waals surface area contributed by atoms with Gasteiger partial charge in [0.1, 0.15) is 18.2 Å². The Morgan fingerprint density at radius 3 is 2.72 bits per heavy atom. The number of thiazole rings is 1. The van der Waals surface area contributed by atoms with Gasteiger partial charge in [0.2, 0.25) is 0 Å². The molecule has 3 N–H and O–H groups in total. The fourth-order valence-corrected chi connectivity index (χ4v) is 4.37. The molecule has 0 saturated carbocycles. The van der Waals surface area contributed by atoms with Crippen LogP contribution in [-0.4, -0.2) is 64.7 Å². The lowest BCUT2D eigenvalue weighted by Crippen LogP contribution is -2.30. The second-order valence-electron chi connectivity index (χ2n) is 9.89. The maximum Gasteiger partial charge on any atom is 0.321 e. The van der Waals surface area contributed by atoms with Gasteiger partial charge in [-0.1, -0.05) is 38.2 Å². The van der Waals surface area contributed by atoms with E-state index in [2.05, 4.69) is 62.3 Å². The molecule has 0 aliphatic heterocycles. The first kappa shape index (κ1) is 25.6. The zero-order valence-corrected chi connectivity index (χ0v) is 22.2. The van der Waals surface area contributed by atoms with E-state index in [1.165, 1.54) is 11.3 Å². The number of ether oxygens (including phenoxy) is 1. The van der Waals surface area contributed by atoms with Gasteiger partial charge >= 0.3 is 6.03 Å². The average Bonchev–Trinajstić information content (AvgIpc) is 3.45. The SMILES string of the molecule is CN(C)CCOc1cncc(-c2ccc3nc(NC(=O)NCCc4ncc(C(C)(C)C)[nH]4)sc3c2)c1. The zero-order chi connectivity index (χ0) is 25.7. The van der Waals surface area contributed by atoms with Crippen LogP contribution in [0.4, 0.5) is 9.93 Å². The van der Waals surface area contributed by atoms with E-state index in [9.17, 15) is 4.79 Å². The Kier molecular flexibility index (Phi) is 7.85. The van der Waals surface area contributed by atoms with Crippen LogP contribution in [0.3, 0.4) is 0 Å². The summed E-state index contributed by atoms with van der Waals surface area (Å²) in [7, 11) is 4.02. The van der Waals surface area contributed by atoms with Crippen molar-refractivity contribution < 1.29 is 9.53 Å². The van der Waals surface area contributed by atoms with E-state index in [0.717, 1.165) is 45.2 Å². The third-order valence-electron chi connectivity index (χ3n) is 5.55. The highest BCUT2D eigenvalue weighted by Gasteiger charge is 2.16. The van der Waals surface area contributed by atoms with E-state index >= 15 is 0 Å². The number of aromatic nitrogens is 4. The number of aromatic amines is 1. The van der Waals surface area contributed by atoms with Gasteiger partial charge in [-0.3, -0.25) is 10.3 Å². The highest BCUT2D eigenvalue weighted by atomic mass is 32.1. The molecule has 0 aliphatic carbocycles.